The van der Waals surface area contributed by atoms with Gasteiger partial charge >= 0.3 is 0 Å². The predicted molar refractivity (Wildman–Crippen MR) is 86.2 cm³/mol. The molecule has 1 aromatic carbocycles. The van der Waals surface area contributed by atoms with Gasteiger partial charge < -0.3 is 4.74 Å². The normalized spacial score (nSPS) is 12.4. The van der Waals surface area contributed by atoms with Crippen LogP contribution in [0.4, 0.5) is 0 Å². The van der Waals surface area contributed by atoms with Crippen molar-refractivity contribution in [3.8, 4) is 5.75 Å². The van der Waals surface area contributed by atoms with Crippen LogP contribution in [0.5, 0.6) is 5.75 Å². The summed E-state index contributed by atoms with van der Waals surface area (Å²) in [6.07, 6.45) is 1.93. The van der Waals surface area contributed by atoms with Gasteiger partial charge in [0.1, 0.15) is 5.75 Å². The first-order valence-electron chi connectivity index (χ1n) is 6.74. The minimum Gasteiger partial charge on any atom is -0.497 e. The Balaban J connectivity index is 2.00. The lowest BCUT2D eigenvalue weighted by atomic mass is 9.98. The van der Waals surface area contributed by atoms with Crippen LogP contribution in [0.2, 0.25) is 0 Å². The largest absolute Gasteiger partial charge is 0.497 e. The third-order valence-electron chi connectivity index (χ3n) is 3.44. The summed E-state index contributed by atoms with van der Waals surface area (Å²) in [6, 6.07) is 8.21. The van der Waals surface area contributed by atoms with Gasteiger partial charge in [0.25, 0.3) is 0 Å². The van der Waals surface area contributed by atoms with E-state index in [4.69, 9.17) is 16.3 Å². The zero-order valence-corrected chi connectivity index (χ0v) is 13.7. The number of nitrogens with zero attached hydrogens (tertiary/aromatic N) is 1. The van der Waals surface area contributed by atoms with Crippen LogP contribution < -0.4 is 4.74 Å². The van der Waals surface area contributed by atoms with Crippen LogP contribution >= 0.6 is 22.9 Å². The molecule has 0 bridgehead atoms. The molecule has 0 saturated carbocycles. The zero-order valence-electron chi connectivity index (χ0n) is 12.1. The van der Waals surface area contributed by atoms with Crippen LogP contribution in [0.25, 0.3) is 0 Å². The van der Waals surface area contributed by atoms with Gasteiger partial charge in [0.15, 0.2) is 0 Å². The van der Waals surface area contributed by atoms with Gasteiger partial charge in [0.05, 0.1) is 17.8 Å². The summed E-state index contributed by atoms with van der Waals surface area (Å²) in [5, 5.41) is 1.19. The first kappa shape index (κ1) is 15.3. The highest BCUT2D eigenvalue weighted by Gasteiger charge is 2.13. The highest BCUT2D eigenvalue weighted by Crippen LogP contribution is 2.23. The minimum absolute atomic E-state index is 0.426. The topological polar surface area (TPSA) is 22.1 Å². The van der Waals surface area contributed by atoms with Crippen molar-refractivity contribution in [2.75, 3.05) is 13.0 Å². The predicted octanol–water partition coefficient (Wildman–Crippen LogP) is 4.41. The van der Waals surface area contributed by atoms with Gasteiger partial charge in [0, 0.05) is 17.2 Å². The second kappa shape index (κ2) is 7.09. The number of benzene rings is 1. The number of hydrogen-bond donors (Lipinski definition) is 0. The number of methoxy groups -OCH3 is 1. The lowest BCUT2D eigenvalue weighted by molar-refractivity contribution is 0.414. The molecule has 4 heteroatoms. The second-order valence-electron chi connectivity index (χ2n) is 5.03. The summed E-state index contributed by atoms with van der Waals surface area (Å²) in [5.41, 5.74) is 2.43. The van der Waals surface area contributed by atoms with Gasteiger partial charge in [-0.2, -0.15) is 0 Å². The second-order valence-corrected chi connectivity index (χ2v) is 6.62. The Morgan fingerprint density at radius 1 is 1.20 bits per heavy atom. The molecule has 1 atom stereocenters. The van der Waals surface area contributed by atoms with Crippen molar-refractivity contribution in [2.45, 2.75) is 26.7 Å². The maximum Gasteiger partial charge on any atom is 0.118 e. The van der Waals surface area contributed by atoms with Crippen LogP contribution in [0, 0.1) is 19.8 Å². The van der Waals surface area contributed by atoms with Crippen LogP contribution in [-0.4, -0.2) is 18.0 Å². The van der Waals surface area contributed by atoms with Gasteiger partial charge in [-0.05, 0) is 43.9 Å². The van der Waals surface area contributed by atoms with E-state index in [0.717, 1.165) is 24.3 Å². The maximum atomic E-state index is 6.12. The van der Waals surface area contributed by atoms with Crippen molar-refractivity contribution in [1.82, 2.24) is 4.98 Å². The molecule has 0 fully saturated rings. The highest BCUT2D eigenvalue weighted by atomic mass is 35.5. The Kier molecular flexibility index (Phi) is 5.44. The van der Waals surface area contributed by atoms with Gasteiger partial charge in [-0.3, -0.25) is 0 Å². The maximum absolute atomic E-state index is 6.12. The Bertz CT molecular complexity index is 531. The van der Waals surface area contributed by atoms with Gasteiger partial charge in [0.2, 0.25) is 0 Å². The Labute approximate surface area is 129 Å². The quantitative estimate of drug-likeness (QED) is 0.737. The molecule has 0 aliphatic heterocycles. The van der Waals surface area contributed by atoms with E-state index >= 15 is 0 Å². The van der Waals surface area contributed by atoms with E-state index in [0.29, 0.717) is 11.8 Å². The van der Waals surface area contributed by atoms with Crippen LogP contribution in [0.15, 0.2) is 24.3 Å². The molecular weight excluding hydrogens is 290 g/mol. The molecular formula is C16H20ClNOS. The molecule has 0 saturated heterocycles. The minimum atomic E-state index is 0.426. The van der Waals surface area contributed by atoms with Gasteiger partial charge in [-0.25, -0.2) is 4.98 Å². The SMILES string of the molecule is COc1ccc(CC(CCl)Cc2nc(C)c(C)s2)cc1. The molecule has 0 aliphatic carbocycles. The van der Waals surface area contributed by atoms with E-state index in [1.807, 2.05) is 12.1 Å². The standard InChI is InChI=1S/C16H20ClNOS/c1-11-12(2)20-16(18-11)9-14(10-17)8-13-4-6-15(19-3)7-5-13/h4-7,14H,8-10H2,1-3H3. The molecule has 2 nitrogen and oxygen atoms in total. The van der Waals surface area contributed by atoms with E-state index in [-0.39, 0.29) is 0 Å². The number of rotatable bonds is 6. The summed E-state index contributed by atoms with van der Waals surface area (Å²) in [7, 11) is 1.68. The number of aromatic nitrogens is 1. The van der Waals surface area contributed by atoms with Crippen LogP contribution in [0.3, 0.4) is 0 Å². The lowest BCUT2D eigenvalue weighted by Gasteiger charge is -2.12. The van der Waals surface area contributed by atoms with Crippen molar-refractivity contribution in [3.05, 3.63) is 45.4 Å². The number of thiazole rings is 1. The molecule has 0 amide bonds. The molecule has 0 N–H and O–H groups in total. The first-order valence-corrected chi connectivity index (χ1v) is 8.09. The zero-order chi connectivity index (χ0) is 14.5. The van der Waals surface area contributed by atoms with Crippen molar-refractivity contribution >= 4 is 22.9 Å². The van der Waals surface area contributed by atoms with E-state index in [9.17, 15) is 0 Å². The summed E-state index contributed by atoms with van der Waals surface area (Å²) in [5.74, 6) is 1.97. The van der Waals surface area contributed by atoms with Gasteiger partial charge in [-0.1, -0.05) is 12.1 Å². The molecule has 0 aliphatic rings. The highest BCUT2D eigenvalue weighted by molar-refractivity contribution is 7.11. The van der Waals surface area contributed by atoms with Crippen LogP contribution in [-0.2, 0) is 12.8 Å². The summed E-state index contributed by atoms with van der Waals surface area (Å²) >= 11 is 7.91. The first-order chi connectivity index (χ1) is 9.62. The molecule has 1 unspecified atom stereocenters. The molecule has 1 aromatic heterocycles. The summed E-state index contributed by atoms with van der Waals surface area (Å²) < 4.78 is 5.18. The van der Waals surface area contributed by atoms with Crippen molar-refractivity contribution in [1.29, 1.82) is 0 Å². The van der Waals surface area contributed by atoms with E-state index in [1.165, 1.54) is 15.4 Å². The molecule has 0 radical (unpaired) electrons. The van der Waals surface area contributed by atoms with Crippen molar-refractivity contribution in [3.63, 3.8) is 0 Å². The monoisotopic (exact) mass is 309 g/mol. The molecule has 108 valence electrons. The fraction of sp³-hybridized carbons (Fsp3) is 0.438. The lowest BCUT2D eigenvalue weighted by Crippen LogP contribution is -2.10. The van der Waals surface area contributed by atoms with E-state index < -0.39 is 0 Å². The Morgan fingerprint density at radius 3 is 2.40 bits per heavy atom. The molecule has 20 heavy (non-hydrogen) atoms. The fourth-order valence-electron chi connectivity index (χ4n) is 2.15. The molecule has 2 aromatic rings. The number of aryl methyl sites for hydroxylation is 2. The fourth-order valence-corrected chi connectivity index (χ4v) is 3.42. The van der Waals surface area contributed by atoms with E-state index in [2.05, 4.69) is 31.0 Å². The smallest absolute Gasteiger partial charge is 0.118 e. The van der Waals surface area contributed by atoms with E-state index in [1.54, 1.807) is 18.4 Å². The third-order valence-corrected chi connectivity index (χ3v) is 4.97. The summed E-state index contributed by atoms with van der Waals surface area (Å²) in [6.45, 7) is 4.18. The Hall–Kier alpha value is -1.06. The van der Waals surface area contributed by atoms with Crippen LogP contribution in [0.1, 0.15) is 21.1 Å². The number of hydrogen-bond acceptors (Lipinski definition) is 3. The third kappa shape index (κ3) is 3.97. The van der Waals surface area contributed by atoms with Crippen molar-refractivity contribution in [2.24, 2.45) is 5.92 Å². The molecule has 0 spiro atoms. The van der Waals surface area contributed by atoms with Crippen molar-refractivity contribution < 1.29 is 4.74 Å². The molecule has 1 heterocycles. The molecule has 2 rings (SSSR count). The summed E-state index contributed by atoms with van der Waals surface area (Å²) in [4.78, 5) is 5.91. The number of ether oxygens (including phenoxy) is 1. The number of halogens is 1. The van der Waals surface area contributed by atoms with Gasteiger partial charge in [-0.15, -0.1) is 22.9 Å². The number of alkyl halides is 1. The Morgan fingerprint density at radius 2 is 1.90 bits per heavy atom. The average molecular weight is 310 g/mol. The average Bonchev–Trinajstić information content (AvgIpc) is 2.77.